The zero-order valence-electron chi connectivity index (χ0n) is 9.36. The number of furan rings is 1. The second-order valence-electron chi connectivity index (χ2n) is 3.55. The van der Waals surface area contributed by atoms with Crippen LogP contribution >= 0.6 is 0 Å². The molecule has 1 aromatic heterocycles. The van der Waals surface area contributed by atoms with Crippen LogP contribution in [0.5, 0.6) is 0 Å². The fourth-order valence-corrected chi connectivity index (χ4v) is 1.14. The van der Waals surface area contributed by atoms with Gasteiger partial charge in [0.05, 0.1) is 6.26 Å². The number of nitrogens with one attached hydrogen (secondary N) is 1. The molecule has 0 amide bonds. The number of nitrogens with zero attached hydrogens (tertiary/aromatic N) is 1. The van der Waals surface area contributed by atoms with Gasteiger partial charge in [0, 0.05) is 19.0 Å². The van der Waals surface area contributed by atoms with Crippen LogP contribution in [0.4, 0.5) is 0 Å². The van der Waals surface area contributed by atoms with Gasteiger partial charge >= 0.3 is 0 Å². The van der Waals surface area contributed by atoms with E-state index in [1.807, 2.05) is 12.1 Å². The van der Waals surface area contributed by atoms with Crippen LogP contribution in [0, 0.1) is 0 Å². The van der Waals surface area contributed by atoms with Gasteiger partial charge in [-0.3, -0.25) is 4.99 Å². The standard InChI is InChI=1S/C11H19N3O/c1-3-9(2)14-11(12)13-7-6-10-5-4-8-15-10/h4-5,8-9H,3,6-7H2,1-2H3,(H3,12,13,14). The molecule has 0 bridgehead atoms. The minimum Gasteiger partial charge on any atom is -0.469 e. The van der Waals surface area contributed by atoms with E-state index in [4.69, 9.17) is 10.2 Å². The van der Waals surface area contributed by atoms with Gasteiger partial charge in [-0.05, 0) is 25.5 Å². The van der Waals surface area contributed by atoms with Crippen molar-refractivity contribution in [1.29, 1.82) is 0 Å². The first-order valence-electron chi connectivity index (χ1n) is 5.31. The predicted molar refractivity (Wildman–Crippen MR) is 61.8 cm³/mol. The maximum absolute atomic E-state index is 5.70. The maximum Gasteiger partial charge on any atom is 0.188 e. The lowest BCUT2D eigenvalue weighted by Crippen LogP contribution is -2.38. The molecule has 0 aliphatic carbocycles. The first kappa shape index (κ1) is 11.6. The van der Waals surface area contributed by atoms with Crippen molar-refractivity contribution in [2.75, 3.05) is 6.54 Å². The third kappa shape index (κ3) is 4.54. The average Bonchev–Trinajstić information content (AvgIpc) is 2.70. The molecule has 0 aromatic carbocycles. The van der Waals surface area contributed by atoms with E-state index in [9.17, 15) is 0 Å². The molecular weight excluding hydrogens is 190 g/mol. The molecule has 1 rings (SSSR count). The summed E-state index contributed by atoms with van der Waals surface area (Å²) >= 11 is 0. The van der Waals surface area contributed by atoms with Crippen LogP contribution in [-0.2, 0) is 6.42 Å². The van der Waals surface area contributed by atoms with Crippen LogP contribution < -0.4 is 11.1 Å². The summed E-state index contributed by atoms with van der Waals surface area (Å²) < 4.78 is 5.19. The number of aliphatic imine (C=N–C) groups is 1. The van der Waals surface area contributed by atoms with Crippen LogP contribution in [0.15, 0.2) is 27.8 Å². The van der Waals surface area contributed by atoms with Crippen molar-refractivity contribution in [3.63, 3.8) is 0 Å². The highest BCUT2D eigenvalue weighted by molar-refractivity contribution is 5.78. The van der Waals surface area contributed by atoms with E-state index in [2.05, 4.69) is 24.2 Å². The summed E-state index contributed by atoms with van der Waals surface area (Å²) in [6, 6.07) is 4.19. The first-order valence-corrected chi connectivity index (χ1v) is 5.31. The van der Waals surface area contributed by atoms with Gasteiger partial charge in [-0.25, -0.2) is 0 Å². The molecule has 1 heterocycles. The molecule has 0 saturated heterocycles. The van der Waals surface area contributed by atoms with E-state index in [-0.39, 0.29) is 0 Å². The van der Waals surface area contributed by atoms with E-state index >= 15 is 0 Å². The number of hydrogen-bond acceptors (Lipinski definition) is 2. The summed E-state index contributed by atoms with van der Waals surface area (Å²) in [4.78, 5) is 4.21. The fraction of sp³-hybridized carbons (Fsp3) is 0.545. The van der Waals surface area contributed by atoms with Gasteiger partial charge in [0.15, 0.2) is 5.96 Å². The van der Waals surface area contributed by atoms with Gasteiger partial charge in [-0.1, -0.05) is 6.92 Å². The molecule has 0 saturated carbocycles. The minimum atomic E-state index is 0.373. The Morgan fingerprint density at radius 1 is 1.67 bits per heavy atom. The van der Waals surface area contributed by atoms with E-state index in [1.54, 1.807) is 6.26 Å². The quantitative estimate of drug-likeness (QED) is 0.571. The van der Waals surface area contributed by atoms with Crippen LogP contribution in [-0.4, -0.2) is 18.5 Å². The Morgan fingerprint density at radius 2 is 2.47 bits per heavy atom. The van der Waals surface area contributed by atoms with Gasteiger partial charge < -0.3 is 15.5 Å². The molecule has 1 atom stereocenters. The summed E-state index contributed by atoms with van der Waals surface area (Å²) in [5.41, 5.74) is 5.70. The van der Waals surface area contributed by atoms with Crippen LogP contribution in [0.3, 0.4) is 0 Å². The molecule has 1 unspecified atom stereocenters. The topological polar surface area (TPSA) is 63.5 Å². The van der Waals surface area contributed by atoms with Crippen molar-refractivity contribution < 1.29 is 4.42 Å². The Hall–Kier alpha value is -1.45. The van der Waals surface area contributed by atoms with E-state index in [0.717, 1.165) is 18.6 Å². The van der Waals surface area contributed by atoms with Gasteiger partial charge in [0.1, 0.15) is 5.76 Å². The molecular formula is C11H19N3O. The van der Waals surface area contributed by atoms with Gasteiger partial charge in [0.2, 0.25) is 0 Å². The minimum absolute atomic E-state index is 0.373. The highest BCUT2D eigenvalue weighted by Gasteiger charge is 1.99. The third-order valence-electron chi connectivity index (χ3n) is 2.23. The van der Waals surface area contributed by atoms with Crippen molar-refractivity contribution in [3.8, 4) is 0 Å². The molecule has 15 heavy (non-hydrogen) atoms. The smallest absolute Gasteiger partial charge is 0.188 e. The van der Waals surface area contributed by atoms with Crippen molar-refractivity contribution in [3.05, 3.63) is 24.2 Å². The van der Waals surface area contributed by atoms with E-state index in [0.29, 0.717) is 18.5 Å². The molecule has 84 valence electrons. The Kier molecular flexibility index (Phi) is 4.74. The third-order valence-corrected chi connectivity index (χ3v) is 2.23. The summed E-state index contributed by atoms with van der Waals surface area (Å²) in [6.07, 6.45) is 3.49. The normalized spacial score (nSPS) is 13.9. The van der Waals surface area contributed by atoms with E-state index < -0.39 is 0 Å². The van der Waals surface area contributed by atoms with Gasteiger partial charge in [0.25, 0.3) is 0 Å². The van der Waals surface area contributed by atoms with Crippen LogP contribution in [0.2, 0.25) is 0 Å². The molecule has 0 spiro atoms. The zero-order valence-corrected chi connectivity index (χ0v) is 9.36. The van der Waals surface area contributed by atoms with Crippen molar-refractivity contribution in [1.82, 2.24) is 5.32 Å². The second-order valence-corrected chi connectivity index (χ2v) is 3.55. The monoisotopic (exact) mass is 209 g/mol. The molecule has 3 N–H and O–H groups in total. The van der Waals surface area contributed by atoms with Crippen molar-refractivity contribution >= 4 is 5.96 Å². The molecule has 0 aliphatic rings. The van der Waals surface area contributed by atoms with E-state index in [1.165, 1.54) is 0 Å². The van der Waals surface area contributed by atoms with Crippen molar-refractivity contribution in [2.45, 2.75) is 32.7 Å². The SMILES string of the molecule is CCC(C)NC(N)=NCCc1ccco1. The lowest BCUT2D eigenvalue weighted by molar-refractivity contribution is 0.510. The molecule has 1 aromatic rings. The first-order chi connectivity index (χ1) is 7.22. The largest absolute Gasteiger partial charge is 0.469 e. The molecule has 0 aliphatic heterocycles. The molecule has 0 radical (unpaired) electrons. The molecule has 4 nitrogen and oxygen atoms in total. The number of nitrogens with two attached hydrogens (primary N) is 1. The number of rotatable bonds is 5. The van der Waals surface area contributed by atoms with Crippen LogP contribution in [0.25, 0.3) is 0 Å². The lowest BCUT2D eigenvalue weighted by atomic mass is 10.3. The van der Waals surface area contributed by atoms with Gasteiger partial charge in [-0.2, -0.15) is 0 Å². The Balaban J connectivity index is 2.25. The second kappa shape index (κ2) is 6.11. The number of guanidine groups is 1. The maximum atomic E-state index is 5.70. The Morgan fingerprint density at radius 3 is 3.07 bits per heavy atom. The van der Waals surface area contributed by atoms with Crippen LogP contribution in [0.1, 0.15) is 26.0 Å². The molecule has 4 heteroatoms. The zero-order chi connectivity index (χ0) is 11.1. The van der Waals surface area contributed by atoms with Crippen molar-refractivity contribution in [2.24, 2.45) is 10.7 Å². The lowest BCUT2D eigenvalue weighted by Gasteiger charge is -2.11. The summed E-state index contributed by atoms with van der Waals surface area (Å²) in [5, 5.41) is 3.11. The predicted octanol–water partition coefficient (Wildman–Crippen LogP) is 1.52. The fourth-order valence-electron chi connectivity index (χ4n) is 1.14. The Bertz CT molecular complexity index is 293. The summed E-state index contributed by atoms with van der Waals surface area (Å²) in [6.45, 7) is 4.84. The highest BCUT2D eigenvalue weighted by Crippen LogP contribution is 2.00. The molecule has 0 fully saturated rings. The Labute approximate surface area is 90.6 Å². The highest BCUT2D eigenvalue weighted by atomic mass is 16.3. The van der Waals surface area contributed by atoms with Gasteiger partial charge in [-0.15, -0.1) is 0 Å². The average molecular weight is 209 g/mol. The summed E-state index contributed by atoms with van der Waals surface area (Å²) in [7, 11) is 0. The number of hydrogen-bond donors (Lipinski definition) is 2. The summed E-state index contributed by atoms with van der Waals surface area (Å²) in [5.74, 6) is 1.45.